The minimum atomic E-state index is 0.0434. The summed E-state index contributed by atoms with van der Waals surface area (Å²) in [5, 5.41) is 0. The number of aldehydes is 1. The first-order chi connectivity index (χ1) is 3.83. The molecule has 0 aromatic heterocycles. The van der Waals surface area contributed by atoms with Crippen LogP contribution in [-0.4, -0.2) is 6.29 Å². The van der Waals surface area contributed by atoms with Gasteiger partial charge in [-0.1, -0.05) is 6.08 Å². The highest BCUT2D eigenvalue weighted by Crippen LogP contribution is 2.46. The Bertz CT molecular complexity index is 112. The summed E-state index contributed by atoms with van der Waals surface area (Å²) in [4.78, 5) is 10.2. The quantitative estimate of drug-likeness (QED) is 0.398. The van der Waals surface area contributed by atoms with Gasteiger partial charge in [-0.15, -0.1) is 6.58 Å². The number of carbonyl (C=O) groups excluding carboxylic acids is 1. The Hall–Kier alpha value is -0.590. The first-order valence-corrected chi connectivity index (χ1v) is 2.90. The van der Waals surface area contributed by atoms with E-state index in [9.17, 15) is 4.79 Å². The van der Waals surface area contributed by atoms with Gasteiger partial charge in [-0.2, -0.15) is 0 Å². The Balaban J connectivity index is 2.40. The molecule has 0 aromatic rings. The molecule has 0 aliphatic heterocycles. The van der Waals surface area contributed by atoms with Crippen LogP contribution in [0.25, 0.3) is 0 Å². The van der Waals surface area contributed by atoms with Crippen LogP contribution in [0.15, 0.2) is 12.7 Å². The lowest BCUT2D eigenvalue weighted by Gasteiger charge is -1.97. The molecule has 1 nitrogen and oxygen atoms in total. The molecule has 0 heterocycles. The second kappa shape index (κ2) is 1.73. The lowest BCUT2D eigenvalue weighted by atomic mass is 10.1. The van der Waals surface area contributed by atoms with E-state index in [4.69, 9.17) is 0 Å². The lowest BCUT2D eigenvalue weighted by molar-refractivity contribution is -0.112. The summed E-state index contributed by atoms with van der Waals surface area (Å²) in [6.45, 7) is 3.57. The molecule has 0 spiro atoms. The predicted octanol–water partition coefficient (Wildman–Crippen LogP) is 1.54. The van der Waals surface area contributed by atoms with Gasteiger partial charge in [-0.25, -0.2) is 0 Å². The summed E-state index contributed by atoms with van der Waals surface area (Å²) in [7, 11) is 0. The molecule has 1 saturated carbocycles. The maximum atomic E-state index is 10.2. The molecule has 0 radical (unpaired) electrons. The third-order valence-electron chi connectivity index (χ3n) is 1.69. The molecule has 44 valence electrons. The van der Waals surface area contributed by atoms with E-state index < -0.39 is 0 Å². The van der Waals surface area contributed by atoms with Crippen LogP contribution in [0.5, 0.6) is 0 Å². The molecule has 1 aliphatic carbocycles. The summed E-state index contributed by atoms with van der Waals surface area (Å²) in [5.74, 6) is 0. The monoisotopic (exact) mass is 110 g/mol. The minimum Gasteiger partial charge on any atom is -0.303 e. The SMILES string of the molecule is C=CCC1(C=O)CC1. The highest BCUT2D eigenvalue weighted by molar-refractivity contribution is 5.63. The fourth-order valence-corrected chi connectivity index (χ4v) is 0.818. The van der Waals surface area contributed by atoms with E-state index in [-0.39, 0.29) is 5.41 Å². The van der Waals surface area contributed by atoms with Crippen LogP contribution < -0.4 is 0 Å². The van der Waals surface area contributed by atoms with Gasteiger partial charge in [0.05, 0.1) is 0 Å². The third-order valence-corrected chi connectivity index (χ3v) is 1.69. The molecule has 0 saturated heterocycles. The molecular formula is C7H10O. The standard InChI is InChI=1S/C7H10O/c1-2-3-7(6-8)4-5-7/h2,6H,1,3-5H2. The number of hydrogen-bond donors (Lipinski definition) is 0. The zero-order chi connectivity index (χ0) is 6.04. The largest absolute Gasteiger partial charge is 0.303 e. The zero-order valence-electron chi connectivity index (χ0n) is 4.89. The maximum absolute atomic E-state index is 10.2. The van der Waals surface area contributed by atoms with Gasteiger partial charge in [0.1, 0.15) is 6.29 Å². The van der Waals surface area contributed by atoms with Gasteiger partial charge in [0.25, 0.3) is 0 Å². The fraction of sp³-hybridized carbons (Fsp3) is 0.571. The number of allylic oxidation sites excluding steroid dienone is 1. The van der Waals surface area contributed by atoms with E-state index in [0.29, 0.717) is 0 Å². The van der Waals surface area contributed by atoms with Crippen molar-refractivity contribution in [2.45, 2.75) is 19.3 Å². The first kappa shape index (κ1) is 5.54. The molecule has 1 heteroatoms. The van der Waals surface area contributed by atoms with E-state index >= 15 is 0 Å². The average molecular weight is 110 g/mol. The summed E-state index contributed by atoms with van der Waals surface area (Å²) in [5.41, 5.74) is 0.0434. The predicted molar refractivity (Wildman–Crippen MR) is 32.5 cm³/mol. The van der Waals surface area contributed by atoms with Crippen LogP contribution in [0.1, 0.15) is 19.3 Å². The average Bonchev–Trinajstić information content (AvgIpc) is 2.50. The lowest BCUT2D eigenvalue weighted by Crippen LogP contribution is -1.97. The van der Waals surface area contributed by atoms with Crippen LogP contribution in [0, 0.1) is 5.41 Å². The molecule has 0 N–H and O–H groups in total. The normalized spacial score (nSPS) is 22.0. The van der Waals surface area contributed by atoms with E-state index in [1.54, 1.807) is 0 Å². The van der Waals surface area contributed by atoms with Crippen LogP contribution >= 0.6 is 0 Å². The van der Waals surface area contributed by atoms with Gasteiger partial charge in [0, 0.05) is 5.41 Å². The van der Waals surface area contributed by atoms with E-state index in [0.717, 1.165) is 25.5 Å². The van der Waals surface area contributed by atoms with Crippen molar-refractivity contribution in [2.24, 2.45) is 5.41 Å². The van der Waals surface area contributed by atoms with E-state index in [2.05, 4.69) is 6.58 Å². The smallest absolute Gasteiger partial charge is 0.126 e. The van der Waals surface area contributed by atoms with Gasteiger partial charge in [-0.3, -0.25) is 0 Å². The van der Waals surface area contributed by atoms with Gasteiger partial charge in [0.2, 0.25) is 0 Å². The number of hydrogen-bond acceptors (Lipinski definition) is 1. The molecule has 1 rings (SSSR count). The van der Waals surface area contributed by atoms with Crippen molar-refractivity contribution in [1.29, 1.82) is 0 Å². The molecule has 0 unspecified atom stereocenters. The van der Waals surface area contributed by atoms with Crippen LogP contribution in [0.2, 0.25) is 0 Å². The minimum absolute atomic E-state index is 0.0434. The molecule has 1 fully saturated rings. The van der Waals surface area contributed by atoms with Crippen molar-refractivity contribution in [3.63, 3.8) is 0 Å². The highest BCUT2D eigenvalue weighted by Gasteiger charge is 2.40. The maximum Gasteiger partial charge on any atom is 0.126 e. The molecule has 0 amide bonds. The summed E-state index contributed by atoms with van der Waals surface area (Å²) in [6.07, 6.45) is 5.90. The van der Waals surface area contributed by atoms with Crippen molar-refractivity contribution in [1.82, 2.24) is 0 Å². The van der Waals surface area contributed by atoms with Crippen molar-refractivity contribution >= 4 is 6.29 Å². The van der Waals surface area contributed by atoms with Crippen molar-refractivity contribution in [3.8, 4) is 0 Å². The fourth-order valence-electron chi connectivity index (χ4n) is 0.818. The molecule has 0 bridgehead atoms. The van der Waals surface area contributed by atoms with E-state index in [1.807, 2.05) is 6.08 Å². The Morgan fingerprint density at radius 2 is 2.25 bits per heavy atom. The Morgan fingerprint density at radius 3 is 2.38 bits per heavy atom. The van der Waals surface area contributed by atoms with Crippen LogP contribution in [0.4, 0.5) is 0 Å². The van der Waals surface area contributed by atoms with Crippen LogP contribution in [0.3, 0.4) is 0 Å². The Labute approximate surface area is 49.4 Å². The topological polar surface area (TPSA) is 17.1 Å². The third kappa shape index (κ3) is 0.808. The Morgan fingerprint density at radius 1 is 1.62 bits per heavy atom. The van der Waals surface area contributed by atoms with Gasteiger partial charge < -0.3 is 4.79 Å². The highest BCUT2D eigenvalue weighted by atomic mass is 16.1. The first-order valence-electron chi connectivity index (χ1n) is 2.90. The van der Waals surface area contributed by atoms with Gasteiger partial charge in [0.15, 0.2) is 0 Å². The van der Waals surface area contributed by atoms with E-state index in [1.165, 1.54) is 0 Å². The second-order valence-corrected chi connectivity index (χ2v) is 2.47. The molecule has 8 heavy (non-hydrogen) atoms. The van der Waals surface area contributed by atoms with Crippen molar-refractivity contribution in [3.05, 3.63) is 12.7 Å². The summed E-state index contributed by atoms with van der Waals surface area (Å²) < 4.78 is 0. The number of carbonyl (C=O) groups is 1. The molecule has 0 atom stereocenters. The number of rotatable bonds is 3. The molecule has 1 aliphatic rings. The van der Waals surface area contributed by atoms with Crippen molar-refractivity contribution < 1.29 is 4.79 Å². The molecular weight excluding hydrogens is 100 g/mol. The Kier molecular flexibility index (Phi) is 1.20. The van der Waals surface area contributed by atoms with Gasteiger partial charge >= 0.3 is 0 Å². The molecule has 0 aromatic carbocycles. The van der Waals surface area contributed by atoms with Crippen molar-refractivity contribution in [2.75, 3.05) is 0 Å². The summed E-state index contributed by atoms with van der Waals surface area (Å²) in [6, 6.07) is 0. The zero-order valence-corrected chi connectivity index (χ0v) is 4.89. The van der Waals surface area contributed by atoms with Crippen LogP contribution in [-0.2, 0) is 4.79 Å². The van der Waals surface area contributed by atoms with Gasteiger partial charge in [-0.05, 0) is 19.3 Å². The summed E-state index contributed by atoms with van der Waals surface area (Å²) >= 11 is 0. The second-order valence-electron chi connectivity index (χ2n) is 2.47.